The van der Waals surface area contributed by atoms with Crippen LogP contribution in [0, 0.1) is 0 Å². The standard InChI is InChI=1S/C20H26N4OS/c1-15(25)24(19-7-8-19)20-22-18(14-26-20)13-23-11-9-17(10-12-23)21-16-5-3-2-4-6-16/h2-6,14,17,19,21H,7-13H2,1H3. The first-order valence-corrected chi connectivity index (χ1v) is 10.3. The Labute approximate surface area is 159 Å². The highest BCUT2D eigenvalue weighted by Crippen LogP contribution is 2.33. The van der Waals surface area contributed by atoms with Crippen molar-refractivity contribution in [3.8, 4) is 0 Å². The molecule has 6 heteroatoms. The fourth-order valence-electron chi connectivity index (χ4n) is 3.59. The molecule has 1 aliphatic heterocycles. The van der Waals surface area contributed by atoms with Crippen molar-refractivity contribution in [1.29, 1.82) is 0 Å². The zero-order chi connectivity index (χ0) is 17.9. The highest BCUT2D eigenvalue weighted by Gasteiger charge is 2.33. The van der Waals surface area contributed by atoms with Crippen molar-refractivity contribution in [2.45, 2.75) is 51.2 Å². The van der Waals surface area contributed by atoms with Gasteiger partial charge in [0, 0.05) is 49.7 Å². The summed E-state index contributed by atoms with van der Waals surface area (Å²) in [5.41, 5.74) is 2.30. The number of thiazole rings is 1. The van der Waals surface area contributed by atoms with E-state index in [1.54, 1.807) is 18.3 Å². The lowest BCUT2D eigenvalue weighted by atomic mass is 10.0. The second-order valence-corrected chi connectivity index (χ2v) is 8.14. The molecule has 1 saturated heterocycles. The summed E-state index contributed by atoms with van der Waals surface area (Å²) in [5.74, 6) is 0.112. The third kappa shape index (κ3) is 4.24. The molecule has 2 fully saturated rings. The molecule has 138 valence electrons. The summed E-state index contributed by atoms with van der Waals surface area (Å²) in [7, 11) is 0. The first kappa shape index (κ1) is 17.5. The number of amides is 1. The Bertz CT molecular complexity index is 735. The van der Waals surface area contributed by atoms with E-state index in [0.29, 0.717) is 12.1 Å². The van der Waals surface area contributed by atoms with Crippen LogP contribution in [-0.4, -0.2) is 41.0 Å². The van der Waals surface area contributed by atoms with Crippen molar-refractivity contribution in [2.75, 3.05) is 23.3 Å². The predicted molar refractivity (Wildman–Crippen MR) is 107 cm³/mol. The van der Waals surface area contributed by atoms with E-state index < -0.39 is 0 Å². The van der Waals surface area contributed by atoms with E-state index in [1.807, 2.05) is 11.0 Å². The number of likely N-dealkylation sites (tertiary alicyclic amines) is 1. The average molecular weight is 371 g/mol. The Morgan fingerprint density at radius 1 is 1.23 bits per heavy atom. The minimum atomic E-state index is 0.112. The molecule has 0 radical (unpaired) electrons. The molecule has 2 aliphatic rings. The van der Waals surface area contributed by atoms with Gasteiger partial charge in [0.25, 0.3) is 0 Å². The SMILES string of the molecule is CC(=O)N(c1nc(CN2CCC(Nc3ccccc3)CC2)cs1)C1CC1. The predicted octanol–water partition coefficient (Wildman–Crippen LogP) is 3.73. The van der Waals surface area contributed by atoms with Crippen LogP contribution in [0.4, 0.5) is 10.8 Å². The molecule has 0 spiro atoms. The normalized spacial score (nSPS) is 18.7. The number of rotatable bonds is 6. The number of hydrogen-bond acceptors (Lipinski definition) is 5. The number of anilines is 2. The van der Waals surface area contributed by atoms with Crippen molar-refractivity contribution >= 4 is 28.1 Å². The number of para-hydroxylation sites is 1. The van der Waals surface area contributed by atoms with E-state index in [-0.39, 0.29) is 5.91 Å². The number of nitrogens with one attached hydrogen (secondary N) is 1. The van der Waals surface area contributed by atoms with E-state index >= 15 is 0 Å². The molecule has 1 aromatic carbocycles. The van der Waals surface area contributed by atoms with Crippen molar-refractivity contribution in [2.24, 2.45) is 0 Å². The molecule has 4 rings (SSSR count). The quantitative estimate of drug-likeness (QED) is 0.842. The Hall–Kier alpha value is -1.92. The van der Waals surface area contributed by atoms with Crippen LogP contribution < -0.4 is 10.2 Å². The van der Waals surface area contributed by atoms with Gasteiger partial charge in [-0.15, -0.1) is 11.3 Å². The maximum absolute atomic E-state index is 11.9. The van der Waals surface area contributed by atoms with Crippen LogP contribution in [-0.2, 0) is 11.3 Å². The summed E-state index contributed by atoms with van der Waals surface area (Å²) in [5, 5.41) is 6.62. The van der Waals surface area contributed by atoms with Crippen molar-refractivity contribution in [3.05, 3.63) is 41.4 Å². The molecule has 26 heavy (non-hydrogen) atoms. The first-order valence-electron chi connectivity index (χ1n) is 9.47. The molecule has 1 aliphatic carbocycles. The van der Waals surface area contributed by atoms with Crippen LogP contribution >= 0.6 is 11.3 Å². The molecular weight excluding hydrogens is 344 g/mol. The molecule has 1 N–H and O–H groups in total. The zero-order valence-electron chi connectivity index (χ0n) is 15.2. The highest BCUT2D eigenvalue weighted by atomic mass is 32.1. The van der Waals surface area contributed by atoms with Crippen LogP contribution in [0.5, 0.6) is 0 Å². The molecule has 0 unspecified atom stereocenters. The van der Waals surface area contributed by atoms with Crippen molar-refractivity contribution < 1.29 is 4.79 Å². The molecule has 2 aromatic rings. The van der Waals surface area contributed by atoms with Gasteiger partial charge in [-0.3, -0.25) is 14.6 Å². The molecule has 1 aromatic heterocycles. The van der Waals surface area contributed by atoms with Crippen LogP contribution in [0.2, 0.25) is 0 Å². The molecular formula is C20H26N4OS. The molecule has 1 saturated carbocycles. The molecule has 0 atom stereocenters. The van der Waals surface area contributed by atoms with Gasteiger partial charge >= 0.3 is 0 Å². The molecule has 0 bridgehead atoms. The van der Waals surface area contributed by atoms with Gasteiger partial charge in [-0.05, 0) is 37.8 Å². The van der Waals surface area contributed by atoms with E-state index in [2.05, 4.69) is 39.9 Å². The Morgan fingerprint density at radius 2 is 1.96 bits per heavy atom. The van der Waals surface area contributed by atoms with Gasteiger partial charge in [-0.2, -0.15) is 0 Å². The van der Waals surface area contributed by atoms with Gasteiger partial charge in [0.15, 0.2) is 5.13 Å². The zero-order valence-corrected chi connectivity index (χ0v) is 16.0. The van der Waals surface area contributed by atoms with Crippen LogP contribution in [0.3, 0.4) is 0 Å². The second-order valence-electron chi connectivity index (χ2n) is 7.30. The summed E-state index contributed by atoms with van der Waals surface area (Å²) in [6.45, 7) is 4.68. The van der Waals surface area contributed by atoms with Gasteiger partial charge in [-0.1, -0.05) is 18.2 Å². The van der Waals surface area contributed by atoms with E-state index in [0.717, 1.165) is 56.1 Å². The summed E-state index contributed by atoms with van der Waals surface area (Å²) < 4.78 is 0. The maximum atomic E-state index is 11.9. The van der Waals surface area contributed by atoms with Crippen LogP contribution in [0.1, 0.15) is 38.3 Å². The summed E-state index contributed by atoms with van der Waals surface area (Å²) in [6, 6.07) is 11.4. The number of benzene rings is 1. The van der Waals surface area contributed by atoms with E-state index in [4.69, 9.17) is 4.98 Å². The van der Waals surface area contributed by atoms with Gasteiger partial charge in [-0.25, -0.2) is 4.98 Å². The van der Waals surface area contributed by atoms with Crippen molar-refractivity contribution in [3.63, 3.8) is 0 Å². The third-order valence-electron chi connectivity index (χ3n) is 5.11. The minimum Gasteiger partial charge on any atom is -0.382 e. The van der Waals surface area contributed by atoms with Crippen molar-refractivity contribution in [1.82, 2.24) is 9.88 Å². The molecule has 5 nitrogen and oxygen atoms in total. The number of aromatic nitrogens is 1. The van der Waals surface area contributed by atoms with Crippen LogP contribution in [0.25, 0.3) is 0 Å². The number of carbonyl (C=O) groups is 1. The smallest absolute Gasteiger partial charge is 0.225 e. The topological polar surface area (TPSA) is 48.5 Å². The number of nitrogens with zero attached hydrogens (tertiary/aromatic N) is 3. The Balaban J connectivity index is 1.29. The number of hydrogen-bond donors (Lipinski definition) is 1. The van der Waals surface area contributed by atoms with Crippen LogP contribution in [0.15, 0.2) is 35.7 Å². The Morgan fingerprint density at radius 3 is 2.62 bits per heavy atom. The summed E-state index contributed by atoms with van der Waals surface area (Å²) >= 11 is 1.60. The minimum absolute atomic E-state index is 0.112. The second kappa shape index (κ2) is 7.76. The lowest BCUT2D eigenvalue weighted by Gasteiger charge is -2.32. The largest absolute Gasteiger partial charge is 0.382 e. The average Bonchev–Trinajstić information content (AvgIpc) is 3.36. The maximum Gasteiger partial charge on any atom is 0.225 e. The molecule has 2 heterocycles. The summed E-state index contributed by atoms with van der Waals surface area (Å²) in [4.78, 5) is 21.0. The Kier molecular flexibility index (Phi) is 5.22. The van der Waals surface area contributed by atoms with E-state index in [9.17, 15) is 4.79 Å². The number of carbonyl (C=O) groups excluding carboxylic acids is 1. The first-order chi connectivity index (χ1) is 12.7. The lowest BCUT2D eigenvalue weighted by molar-refractivity contribution is -0.116. The van der Waals surface area contributed by atoms with E-state index in [1.165, 1.54) is 5.69 Å². The highest BCUT2D eigenvalue weighted by molar-refractivity contribution is 7.14. The van der Waals surface area contributed by atoms with Gasteiger partial charge in [0.1, 0.15) is 0 Å². The van der Waals surface area contributed by atoms with Gasteiger partial charge in [0.05, 0.1) is 5.69 Å². The monoisotopic (exact) mass is 370 g/mol. The van der Waals surface area contributed by atoms with Gasteiger partial charge in [0.2, 0.25) is 5.91 Å². The lowest BCUT2D eigenvalue weighted by Crippen LogP contribution is -2.38. The fourth-order valence-corrected chi connectivity index (χ4v) is 4.52. The van der Waals surface area contributed by atoms with Gasteiger partial charge < -0.3 is 5.32 Å². The summed E-state index contributed by atoms with van der Waals surface area (Å²) in [6.07, 6.45) is 4.51. The fraction of sp³-hybridized carbons (Fsp3) is 0.500. The third-order valence-corrected chi connectivity index (χ3v) is 6.00. The number of piperidine rings is 1. The molecule has 1 amide bonds.